The standard InChI is InChI=1S/C13H16FN3O3/c14-10-3-1-2-9(12(10)15)13(20)17-6-4-16(5-7-17)8-11(18)19/h1-3H,4-8,15H2,(H,18,19). The first-order valence-corrected chi connectivity index (χ1v) is 6.26. The van der Waals surface area contributed by atoms with Crippen LogP contribution in [-0.4, -0.2) is 59.5 Å². The van der Waals surface area contributed by atoms with E-state index in [1.54, 1.807) is 9.80 Å². The molecule has 1 aliphatic heterocycles. The molecule has 1 aromatic carbocycles. The highest BCUT2D eigenvalue weighted by atomic mass is 19.1. The highest BCUT2D eigenvalue weighted by Gasteiger charge is 2.24. The second kappa shape index (κ2) is 5.87. The Hall–Kier alpha value is -2.15. The minimum atomic E-state index is -0.890. The number of anilines is 1. The van der Waals surface area contributed by atoms with Gasteiger partial charge in [0.1, 0.15) is 5.82 Å². The fourth-order valence-electron chi connectivity index (χ4n) is 2.19. The number of carbonyl (C=O) groups is 2. The lowest BCUT2D eigenvalue weighted by molar-refractivity contribution is -0.138. The molecule has 0 bridgehead atoms. The van der Waals surface area contributed by atoms with Crippen LogP contribution in [-0.2, 0) is 4.79 Å². The Bertz CT molecular complexity index is 528. The minimum Gasteiger partial charge on any atom is -0.480 e. The van der Waals surface area contributed by atoms with Crippen molar-refractivity contribution in [2.24, 2.45) is 0 Å². The lowest BCUT2D eigenvalue weighted by atomic mass is 10.1. The van der Waals surface area contributed by atoms with Crippen molar-refractivity contribution < 1.29 is 19.1 Å². The van der Waals surface area contributed by atoms with Crippen LogP contribution in [0.3, 0.4) is 0 Å². The SMILES string of the molecule is Nc1c(F)cccc1C(=O)N1CCN(CC(=O)O)CC1. The van der Waals surface area contributed by atoms with Gasteiger partial charge in [0.25, 0.3) is 5.91 Å². The van der Waals surface area contributed by atoms with E-state index >= 15 is 0 Å². The molecule has 1 amide bonds. The van der Waals surface area contributed by atoms with E-state index in [1.165, 1.54) is 18.2 Å². The number of rotatable bonds is 3. The van der Waals surface area contributed by atoms with Crippen LogP contribution in [0.2, 0.25) is 0 Å². The number of nitrogens with zero attached hydrogens (tertiary/aromatic N) is 2. The Morgan fingerprint density at radius 2 is 1.90 bits per heavy atom. The number of halogens is 1. The number of carboxylic acid groups (broad SMARTS) is 1. The zero-order chi connectivity index (χ0) is 14.7. The second-order valence-corrected chi connectivity index (χ2v) is 4.66. The smallest absolute Gasteiger partial charge is 0.317 e. The van der Waals surface area contributed by atoms with Crippen LogP contribution in [0.5, 0.6) is 0 Å². The normalized spacial score (nSPS) is 16.1. The van der Waals surface area contributed by atoms with Crippen LogP contribution in [0, 0.1) is 5.82 Å². The second-order valence-electron chi connectivity index (χ2n) is 4.66. The van der Waals surface area contributed by atoms with Gasteiger partial charge < -0.3 is 15.7 Å². The van der Waals surface area contributed by atoms with Gasteiger partial charge in [-0.2, -0.15) is 0 Å². The van der Waals surface area contributed by atoms with Crippen LogP contribution >= 0.6 is 0 Å². The Morgan fingerprint density at radius 3 is 2.50 bits per heavy atom. The highest BCUT2D eigenvalue weighted by molar-refractivity contribution is 5.99. The van der Waals surface area contributed by atoms with E-state index in [-0.39, 0.29) is 23.7 Å². The van der Waals surface area contributed by atoms with Gasteiger partial charge in [0.05, 0.1) is 17.8 Å². The summed E-state index contributed by atoms with van der Waals surface area (Å²) in [4.78, 5) is 26.2. The lowest BCUT2D eigenvalue weighted by Crippen LogP contribution is -2.50. The van der Waals surface area contributed by atoms with Gasteiger partial charge in [-0.25, -0.2) is 4.39 Å². The van der Waals surface area contributed by atoms with Crippen LogP contribution in [0.4, 0.5) is 10.1 Å². The average Bonchev–Trinajstić information content (AvgIpc) is 2.41. The van der Waals surface area contributed by atoms with Crippen molar-refractivity contribution in [3.63, 3.8) is 0 Å². The molecule has 1 heterocycles. The number of nitrogen functional groups attached to an aromatic ring is 1. The van der Waals surface area contributed by atoms with Crippen molar-refractivity contribution in [2.75, 3.05) is 38.5 Å². The molecule has 0 radical (unpaired) electrons. The fourth-order valence-corrected chi connectivity index (χ4v) is 2.19. The Morgan fingerprint density at radius 1 is 1.25 bits per heavy atom. The quantitative estimate of drug-likeness (QED) is 0.776. The van der Waals surface area contributed by atoms with Crippen LogP contribution < -0.4 is 5.73 Å². The molecule has 0 atom stereocenters. The van der Waals surface area contributed by atoms with E-state index in [0.29, 0.717) is 26.2 Å². The van der Waals surface area contributed by atoms with Crippen LogP contribution in [0.1, 0.15) is 10.4 Å². The number of amides is 1. The van der Waals surface area contributed by atoms with Crippen molar-refractivity contribution in [1.29, 1.82) is 0 Å². The number of para-hydroxylation sites is 1. The van der Waals surface area contributed by atoms with Crippen molar-refractivity contribution in [1.82, 2.24) is 9.80 Å². The van der Waals surface area contributed by atoms with Gasteiger partial charge in [0, 0.05) is 26.2 Å². The summed E-state index contributed by atoms with van der Waals surface area (Å²) in [5.41, 5.74) is 5.57. The largest absolute Gasteiger partial charge is 0.480 e. The number of carbonyl (C=O) groups excluding carboxylic acids is 1. The first kappa shape index (κ1) is 14.3. The van der Waals surface area contributed by atoms with E-state index < -0.39 is 11.8 Å². The molecule has 0 saturated carbocycles. The first-order chi connectivity index (χ1) is 9.49. The number of nitrogens with two attached hydrogens (primary N) is 1. The van der Waals surface area contributed by atoms with Crippen molar-refractivity contribution >= 4 is 17.6 Å². The fraction of sp³-hybridized carbons (Fsp3) is 0.385. The zero-order valence-corrected chi connectivity index (χ0v) is 10.9. The zero-order valence-electron chi connectivity index (χ0n) is 10.9. The molecule has 108 valence electrons. The van der Waals surface area contributed by atoms with E-state index in [1.807, 2.05) is 0 Å². The molecule has 0 aromatic heterocycles. The molecule has 1 fully saturated rings. The summed E-state index contributed by atoms with van der Waals surface area (Å²) >= 11 is 0. The van der Waals surface area contributed by atoms with Crippen LogP contribution in [0.15, 0.2) is 18.2 Å². The van der Waals surface area contributed by atoms with Crippen molar-refractivity contribution in [3.8, 4) is 0 Å². The molecule has 7 heteroatoms. The highest BCUT2D eigenvalue weighted by Crippen LogP contribution is 2.18. The van der Waals surface area contributed by atoms with E-state index in [2.05, 4.69) is 0 Å². The molecule has 1 saturated heterocycles. The minimum absolute atomic E-state index is 0.0376. The van der Waals surface area contributed by atoms with Gasteiger partial charge in [-0.05, 0) is 12.1 Å². The van der Waals surface area contributed by atoms with Crippen molar-refractivity contribution in [3.05, 3.63) is 29.6 Å². The summed E-state index contributed by atoms with van der Waals surface area (Å²) in [6.45, 7) is 1.73. The molecule has 1 aliphatic rings. The van der Waals surface area contributed by atoms with Crippen molar-refractivity contribution in [2.45, 2.75) is 0 Å². The van der Waals surface area contributed by atoms with Gasteiger partial charge >= 0.3 is 5.97 Å². The lowest BCUT2D eigenvalue weighted by Gasteiger charge is -2.34. The predicted octanol–water partition coefficient (Wildman–Crippen LogP) is 0.250. The third-order valence-electron chi connectivity index (χ3n) is 3.30. The Kier molecular flexibility index (Phi) is 4.19. The Balaban J connectivity index is 2.02. The molecule has 0 spiro atoms. The maximum absolute atomic E-state index is 13.3. The predicted molar refractivity (Wildman–Crippen MR) is 70.8 cm³/mol. The number of benzene rings is 1. The van der Waals surface area contributed by atoms with Gasteiger partial charge in [0.2, 0.25) is 0 Å². The molecule has 3 N–H and O–H groups in total. The molecule has 20 heavy (non-hydrogen) atoms. The molecule has 0 aliphatic carbocycles. The number of aliphatic carboxylic acids is 1. The van der Waals surface area contributed by atoms with Gasteiger partial charge in [-0.1, -0.05) is 6.07 Å². The number of hydrogen-bond donors (Lipinski definition) is 2. The maximum atomic E-state index is 13.3. The Labute approximate surface area is 115 Å². The topological polar surface area (TPSA) is 86.9 Å². The summed E-state index contributed by atoms with van der Waals surface area (Å²) in [5, 5.41) is 8.71. The summed E-state index contributed by atoms with van der Waals surface area (Å²) in [6, 6.07) is 4.14. The van der Waals surface area contributed by atoms with E-state index in [9.17, 15) is 14.0 Å². The summed E-state index contributed by atoms with van der Waals surface area (Å²) in [5.74, 6) is -1.82. The number of piperazine rings is 1. The number of carboxylic acids is 1. The molecule has 1 aromatic rings. The summed E-state index contributed by atoms with van der Waals surface area (Å²) in [6.07, 6.45) is 0. The van der Waals surface area contributed by atoms with Gasteiger partial charge in [0.15, 0.2) is 0 Å². The molecular formula is C13H16FN3O3. The molecule has 0 unspecified atom stereocenters. The third-order valence-corrected chi connectivity index (χ3v) is 3.30. The molecular weight excluding hydrogens is 265 g/mol. The average molecular weight is 281 g/mol. The summed E-state index contributed by atoms with van der Waals surface area (Å²) in [7, 11) is 0. The van der Waals surface area contributed by atoms with E-state index in [0.717, 1.165) is 0 Å². The van der Waals surface area contributed by atoms with Gasteiger partial charge in [-0.15, -0.1) is 0 Å². The first-order valence-electron chi connectivity index (χ1n) is 6.26. The monoisotopic (exact) mass is 281 g/mol. The summed E-state index contributed by atoms with van der Waals surface area (Å²) < 4.78 is 13.3. The van der Waals surface area contributed by atoms with E-state index in [4.69, 9.17) is 10.8 Å². The van der Waals surface area contributed by atoms with Crippen LogP contribution in [0.25, 0.3) is 0 Å². The van der Waals surface area contributed by atoms with Gasteiger partial charge in [-0.3, -0.25) is 14.5 Å². The maximum Gasteiger partial charge on any atom is 0.317 e. The third kappa shape index (κ3) is 3.05. The molecule has 2 rings (SSSR count). The number of hydrogen-bond acceptors (Lipinski definition) is 4. The molecule has 6 nitrogen and oxygen atoms in total.